The Kier molecular flexibility index (Phi) is 6.39. The molecule has 2 rings (SSSR count). The van der Waals surface area contributed by atoms with E-state index in [1.54, 1.807) is 6.07 Å². The number of hydrogen-bond acceptors (Lipinski definition) is 5. The molecule has 0 aliphatic heterocycles. The summed E-state index contributed by atoms with van der Waals surface area (Å²) in [5.41, 5.74) is -0.148. The van der Waals surface area contributed by atoms with Gasteiger partial charge in [-0.1, -0.05) is 67.4 Å². The Morgan fingerprint density at radius 2 is 1.96 bits per heavy atom. The predicted octanol–water partition coefficient (Wildman–Crippen LogP) is 4.71. The average molecular weight is 382 g/mol. The van der Waals surface area contributed by atoms with Crippen molar-refractivity contribution in [1.82, 2.24) is 0 Å². The third-order valence-electron chi connectivity index (χ3n) is 3.26. The summed E-state index contributed by atoms with van der Waals surface area (Å²) in [6.45, 7) is 7.64. The third-order valence-corrected chi connectivity index (χ3v) is 4.43. The smallest absolute Gasteiger partial charge is 0.395 e. The summed E-state index contributed by atoms with van der Waals surface area (Å²) in [7, 11) is -2.47. The molecule has 134 valence electrons. The van der Waals surface area contributed by atoms with Crippen LogP contribution in [0.3, 0.4) is 0 Å². The normalized spacial score (nSPS) is 13.6. The summed E-state index contributed by atoms with van der Waals surface area (Å²) in [4.78, 5) is 24.1. The average Bonchev–Trinajstić information content (AvgIpc) is 2.54. The number of halogens is 1. The van der Waals surface area contributed by atoms with Crippen LogP contribution < -0.4 is 9.42 Å². The van der Waals surface area contributed by atoms with Gasteiger partial charge in [-0.25, -0.2) is 4.79 Å². The summed E-state index contributed by atoms with van der Waals surface area (Å²) >= 11 is 6.16. The Morgan fingerprint density at radius 3 is 2.64 bits per heavy atom. The standard InChI is InChI=1S/C18H21ClNO4P/c1-12(17(21)23-11-18(2,3)4)20-25(22)24-16-14-8-6-5-7-13(14)9-10-15(16)19/h5-10,12H,11H2,1-4H3. The number of hydrogen-bond donors (Lipinski definition) is 0. The lowest BCUT2D eigenvalue weighted by atomic mass is 9.99. The number of carbonyl (C=O) groups excluding carboxylic acids is 1. The maximum absolute atomic E-state index is 12.2. The van der Waals surface area contributed by atoms with Crippen molar-refractivity contribution in [2.75, 3.05) is 6.61 Å². The Balaban J connectivity index is 2.14. The van der Waals surface area contributed by atoms with Crippen LogP contribution in [-0.4, -0.2) is 18.6 Å². The molecule has 2 aromatic rings. The minimum atomic E-state index is -2.47. The van der Waals surface area contributed by atoms with E-state index in [1.807, 2.05) is 51.1 Å². The zero-order valence-electron chi connectivity index (χ0n) is 14.7. The Hall–Kier alpha value is -1.68. The lowest BCUT2D eigenvalue weighted by molar-refractivity contribution is -0.169. The van der Waals surface area contributed by atoms with Crippen LogP contribution in [0.5, 0.6) is 5.75 Å². The molecule has 0 aliphatic rings. The zero-order chi connectivity index (χ0) is 18.6. The van der Waals surface area contributed by atoms with Crippen molar-refractivity contribution >= 4 is 36.5 Å². The topological polar surface area (TPSA) is 71.0 Å². The monoisotopic (exact) mass is 381 g/mol. The minimum absolute atomic E-state index is 0.148. The highest BCUT2D eigenvalue weighted by Gasteiger charge is 2.22. The van der Waals surface area contributed by atoms with Gasteiger partial charge in [-0.15, -0.1) is 0 Å². The van der Waals surface area contributed by atoms with E-state index < -0.39 is 20.2 Å². The van der Waals surface area contributed by atoms with Gasteiger partial charge < -0.3 is 9.63 Å². The largest absolute Gasteiger partial charge is 0.575 e. The van der Waals surface area contributed by atoms with Gasteiger partial charge in [0.2, 0.25) is 5.75 Å². The molecule has 0 saturated carbocycles. The number of fused-ring (bicyclic) bond motifs is 1. The second kappa shape index (κ2) is 8.13. The Labute approximate surface area is 153 Å². The van der Waals surface area contributed by atoms with Crippen LogP contribution in [0.15, 0.2) is 41.1 Å². The molecule has 7 heteroatoms. The number of carbonyl (C=O) groups is 1. The third kappa shape index (κ3) is 5.67. The summed E-state index contributed by atoms with van der Waals surface area (Å²) in [6.07, 6.45) is 0. The van der Waals surface area contributed by atoms with E-state index in [0.717, 1.165) is 10.8 Å². The Morgan fingerprint density at radius 1 is 1.28 bits per heavy atom. The molecule has 0 saturated heterocycles. The zero-order valence-corrected chi connectivity index (χ0v) is 16.3. The maximum atomic E-state index is 12.2. The number of rotatable bonds is 5. The molecule has 5 nitrogen and oxygen atoms in total. The van der Waals surface area contributed by atoms with Gasteiger partial charge in [-0.05, 0) is 23.8 Å². The molecule has 25 heavy (non-hydrogen) atoms. The highest BCUT2D eigenvalue weighted by atomic mass is 35.5. The first kappa shape index (κ1) is 19.6. The predicted molar refractivity (Wildman–Crippen MR) is 98.8 cm³/mol. The summed E-state index contributed by atoms with van der Waals surface area (Å²) in [5.74, 6) is -0.245. The fraction of sp³-hybridized carbons (Fsp3) is 0.389. The van der Waals surface area contributed by atoms with Gasteiger partial charge in [-0.3, -0.25) is 4.52 Å². The molecule has 2 aromatic carbocycles. The van der Waals surface area contributed by atoms with Crippen LogP contribution >= 0.6 is 19.8 Å². The first-order valence-corrected chi connectivity index (χ1v) is 9.38. The van der Waals surface area contributed by atoms with Crippen LogP contribution in [0.2, 0.25) is 5.02 Å². The van der Waals surface area contributed by atoms with Gasteiger partial charge >= 0.3 is 14.1 Å². The lowest BCUT2D eigenvalue weighted by Crippen LogP contribution is -2.24. The maximum Gasteiger partial charge on any atom is 0.395 e. The number of esters is 1. The van der Waals surface area contributed by atoms with E-state index in [9.17, 15) is 9.69 Å². The number of nitrogens with zero attached hydrogens (tertiary/aromatic N) is 1. The van der Waals surface area contributed by atoms with Crippen molar-refractivity contribution in [3.05, 3.63) is 41.4 Å². The van der Waals surface area contributed by atoms with Gasteiger partial charge in [0, 0.05) is 5.39 Å². The van der Waals surface area contributed by atoms with Gasteiger partial charge in [-0.2, -0.15) is 0 Å². The van der Waals surface area contributed by atoms with E-state index >= 15 is 0 Å². The molecule has 0 fully saturated rings. The molecular weight excluding hydrogens is 361 g/mol. The van der Waals surface area contributed by atoms with Crippen molar-refractivity contribution in [2.45, 2.75) is 33.7 Å². The summed E-state index contributed by atoms with van der Waals surface area (Å²) in [5, 5.41) is 1.97. The summed E-state index contributed by atoms with van der Waals surface area (Å²) in [6, 6.07) is 10.1. The van der Waals surface area contributed by atoms with E-state index in [2.05, 4.69) is 4.74 Å². The van der Waals surface area contributed by atoms with Gasteiger partial charge in [0.1, 0.15) is 0 Å². The van der Waals surface area contributed by atoms with E-state index in [4.69, 9.17) is 20.9 Å². The fourth-order valence-corrected chi connectivity index (χ4v) is 3.04. The van der Waals surface area contributed by atoms with Crippen molar-refractivity contribution in [3.63, 3.8) is 0 Å². The Bertz CT molecular complexity index is 801. The molecule has 0 heterocycles. The van der Waals surface area contributed by atoms with Crippen molar-refractivity contribution in [1.29, 1.82) is 0 Å². The van der Waals surface area contributed by atoms with E-state index in [1.165, 1.54) is 6.92 Å². The van der Waals surface area contributed by atoms with Crippen LogP contribution in [0, 0.1) is 5.41 Å². The quantitative estimate of drug-likeness (QED) is 0.555. The SMILES string of the molecule is CC(N=[P+]([O-])Oc1c(Cl)ccc2ccccc12)C(=O)OCC(C)(C)C. The lowest BCUT2D eigenvalue weighted by Gasteiger charge is -2.18. The van der Waals surface area contributed by atoms with Crippen LogP contribution in [0.25, 0.3) is 10.8 Å². The molecule has 0 aromatic heterocycles. The molecule has 0 aliphatic carbocycles. The van der Waals surface area contributed by atoms with Crippen molar-refractivity contribution in [2.24, 2.45) is 10.2 Å². The molecule has 0 spiro atoms. The van der Waals surface area contributed by atoms with E-state index in [0.29, 0.717) is 10.8 Å². The second-order valence-corrected chi connectivity index (χ2v) is 8.18. The van der Waals surface area contributed by atoms with Gasteiger partial charge in [0.25, 0.3) is 0 Å². The van der Waals surface area contributed by atoms with Crippen LogP contribution in [0.1, 0.15) is 27.7 Å². The molecular formula is C18H21ClNO4P. The first-order chi connectivity index (χ1) is 11.7. The first-order valence-electron chi connectivity index (χ1n) is 7.87. The van der Waals surface area contributed by atoms with Crippen molar-refractivity contribution in [3.8, 4) is 5.75 Å². The van der Waals surface area contributed by atoms with Crippen LogP contribution in [-0.2, 0) is 9.53 Å². The molecule has 2 unspecified atom stereocenters. The van der Waals surface area contributed by atoms with Crippen molar-refractivity contribution < 1.29 is 18.9 Å². The summed E-state index contributed by atoms with van der Waals surface area (Å²) < 4.78 is 14.5. The molecule has 2 atom stereocenters. The molecule has 0 bridgehead atoms. The van der Waals surface area contributed by atoms with Gasteiger partial charge in [0.05, 0.1) is 11.6 Å². The minimum Gasteiger partial charge on any atom is -0.575 e. The second-order valence-electron chi connectivity index (χ2n) is 6.89. The number of ether oxygens (including phenoxy) is 1. The fourth-order valence-electron chi connectivity index (χ4n) is 2.01. The molecule has 0 radical (unpaired) electrons. The molecule has 0 amide bonds. The highest BCUT2D eigenvalue weighted by molar-refractivity contribution is 7.34. The van der Waals surface area contributed by atoms with Crippen LogP contribution in [0.4, 0.5) is 0 Å². The van der Waals surface area contributed by atoms with E-state index in [-0.39, 0.29) is 12.0 Å². The highest BCUT2D eigenvalue weighted by Crippen LogP contribution is 2.37. The molecule has 0 N–H and O–H groups in total. The number of benzene rings is 2. The van der Waals surface area contributed by atoms with Gasteiger partial charge in [0.15, 0.2) is 6.04 Å².